The second-order valence-electron chi connectivity index (χ2n) is 9.43. The Bertz CT molecular complexity index is 1370. The van der Waals surface area contributed by atoms with Crippen LogP contribution >= 0.6 is 0 Å². The maximum absolute atomic E-state index is 13.2. The van der Waals surface area contributed by atoms with Gasteiger partial charge in [0, 0.05) is 25.7 Å². The van der Waals surface area contributed by atoms with Gasteiger partial charge in [0.15, 0.2) is 0 Å². The van der Waals surface area contributed by atoms with Crippen molar-refractivity contribution in [2.45, 2.75) is 62.6 Å². The van der Waals surface area contributed by atoms with Crippen LogP contribution in [0, 0.1) is 0 Å². The average Bonchev–Trinajstić information content (AvgIpc) is 3.30. The molecule has 1 fully saturated rings. The van der Waals surface area contributed by atoms with E-state index in [9.17, 15) is 32.7 Å². The van der Waals surface area contributed by atoms with Gasteiger partial charge < -0.3 is 20.9 Å². The zero-order chi connectivity index (χ0) is 29.4. The molecule has 1 saturated heterocycles. The molecule has 13 heteroatoms. The van der Waals surface area contributed by atoms with Crippen molar-refractivity contribution in [1.82, 2.24) is 9.62 Å². The second kappa shape index (κ2) is 13.4. The standard InChI is InChI=1S/C27H32N4O8S/c1-17-25(31(16-39-17)40(37,38)22-6-4-3-5-7-22)26(34)30-23(27(35)36)15-20-10-8-19(9-11-20)14-21(32)12-13-24(33)29-18(2)28/h3-11,17,23,25H,12-16H2,1-2H3,(H,30,34)(H,35,36)(H2,28,29,33)/t17?,23-,25-/m0/s1. The summed E-state index contributed by atoms with van der Waals surface area (Å²) in [6, 6.07) is 11.6. The lowest BCUT2D eigenvalue weighted by molar-refractivity contribution is -0.142. The maximum atomic E-state index is 13.2. The number of hydrogen-bond acceptors (Lipinski definition) is 7. The molecule has 1 aliphatic heterocycles. The molecule has 1 heterocycles. The van der Waals surface area contributed by atoms with Crippen molar-refractivity contribution in [3.05, 3.63) is 65.7 Å². The van der Waals surface area contributed by atoms with Gasteiger partial charge in [0.1, 0.15) is 24.6 Å². The fourth-order valence-electron chi connectivity index (χ4n) is 4.19. The Morgan fingerprint density at radius 3 is 2.30 bits per heavy atom. The zero-order valence-corrected chi connectivity index (χ0v) is 23.0. The Morgan fingerprint density at radius 1 is 1.07 bits per heavy atom. The molecule has 40 heavy (non-hydrogen) atoms. The van der Waals surface area contributed by atoms with E-state index in [2.05, 4.69) is 10.3 Å². The number of carbonyl (C=O) groups is 4. The SMILES string of the molecule is CC(N)=NC(=O)CCC(=O)Cc1ccc(C[C@H](NC(=O)[C@@H]2C(C)OCN2S(=O)(=O)c2ccccc2)C(=O)O)cc1. The summed E-state index contributed by atoms with van der Waals surface area (Å²) < 4.78 is 32.6. The van der Waals surface area contributed by atoms with E-state index in [4.69, 9.17) is 10.5 Å². The molecule has 4 N–H and O–H groups in total. The number of amidine groups is 1. The highest BCUT2D eigenvalue weighted by molar-refractivity contribution is 7.89. The fourth-order valence-corrected chi connectivity index (χ4v) is 5.73. The van der Waals surface area contributed by atoms with Gasteiger partial charge in [0.2, 0.25) is 21.8 Å². The average molecular weight is 573 g/mol. The predicted octanol–water partition coefficient (Wildman–Crippen LogP) is 1.03. The van der Waals surface area contributed by atoms with Gasteiger partial charge in [-0.15, -0.1) is 0 Å². The Labute approximate surface area is 232 Å². The van der Waals surface area contributed by atoms with Crippen LogP contribution in [0.15, 0.2) is 64.5 Å². The normalized spacial score (nSPS) is 18.7. The number of rotatable bonds is 12. The number of amides is 2. The van der Waals surface area contributed by atoms with E-state index >= 15 is 0 Å². The first kappa shape index (κ1) is 30.6. The molecule has 0 spiro atoms. The molecule has 1 aliphatic rings. The number of sulfonamides is 1. The van der Waals surface area contributed by atoms with Gasteiger partial charge in [0.05, 0.1) is 16.8 Å². The first-order chi connectivity index (χ1) is 18.9. The van der Waals surface area contributed by atoms with Crippen molar-refractivity contribution in [2.24, 2.45) is 10.7 Å². The smallest absolute Gasteiger partial charge is 0.326 e. The first-order valence-electron chi connectivity index (χ1n) is 12.5. The van der Waals surface area contributed by atoms with E-state index in [-0.39, 0.29) is 48.9 Å². The van der Waals surface area contributed by atoms with Crippen LogP contribution in [0.25, 0.3) is 0 Å². The number of carboxylic acid groups (broad SMARTS) is 1. The van der Waals surface area contributed by atoms with Crippen LogP contribution in [0.3, 0.4) is 0 Å². The summed E-state index contributed by atoms with van der Waals surface area (Å²) in [6.07, 6.45) is -0.812. The largest absolute Gasteiger partial charge is 0.480 e. The van der Waals surface area contributed by atoms with Gasteiger partial charge in [-0.1, -0.05) is 42.5 Å². The van der Waals surface area contributed by atoms with Crippen LogP contribution in [0.4, 0.5) is 0 Å². The van der Waals surface area contributed by atoms with E-state index in [0.29, 0.717) is 11.1 Å². The number of carboxylic acids is 1. The number of Topliss-reactive ketones (excluding diaryl/α,β-unsaturated/α-hetero) is 1. The molecule has 2 amide bonds. The summed E-state index contributed by atoms with van der Waals surface area (Å²) in [4.78, 5) is 52.5. The summed E-state index contributed by atoms with van der Waals surface area (Å²) in [5.41, 5.74) is 6.61. The van der Waals surface area contributed by atoms with Crippen LogP contribution < -0.4 is 11.1 Å². The van der Waals surface area contributed by atoms with Crippen molar-refractivity contribution >= 4 is 39.4 Å². The van der Waals surface area contributed by atoms with Crippen LogP contribution in [-0.4, -0.2) is 72.2 Å². The molecule has 0 radical (unpaired) electrons. The number of nitrogens with two attached hydrogens (primary N) is 1. The highest BCUT2D eigenvalue weighted by atomic mass is 32.2. The Balaban J connectivity index is 1.63. The molecular weight excluding hydrogens is 540 g/mol. The number of nitrogens with one attached hydrogen (secondary N) is 1. The minimum atomic E-state index is -4.07. The van der Waals surface area contributed by atoms with Crippen molar-refractivity contribution in [3.63, 3.8) is 0 Å². The summed E-state index contributed by atoms with van der Waals surface area (Å²) in [5.74, 6) is -2.58. The summed E-state index contributed by atoms with van der Waals surface area (Å²) >= 11 is 0. The number of carbonyl (C=O) groups excluding carboxylic acids is 3. The van der Waals surface area contributed by atoms with E-state index in [1.807, 2.05) is 0 Å². The van der Waals surface area contributed by atoms with Crippen LogP contribution in [0.5, 0.6) is 0 Å². The highest BCUT2D eigenvalue weighted by Gasteiger charge is 2.45. The Morgan fingerprint density at radius 2 is 1.70 bits per heavy atom. The lowest BCUT2D eigenvalue weighted by Crippen LogP contribution is -2.54. The third kappa shape index (κ3) is 8.04. The minimum Gasteiger partial charge on any atom is -0.480 e. The number of benzene rings is 2. The van der Waals surface area contributed by atoms with Crippen molar-refractivity contribution in [3.8, 4) is 0 Å². The number of aliphatic carboxylic acids is 1. The Kier molecular flexibility index (Phi) is 10.3. The van der Waals surface area contributed by atoms with E-state index < -0.39 is 46.0 Å². The lowest BCUT2D eigenvalue weighted by Gasteiger charge is -2.25. The van der Waals surface area contributed by atoms with E-state index in [0.717, 1.165) is 4.31 Å². The predicted molar refractivity (Wildman–Crippen MR) is 145 cm³/mol. The molecule has 2 aromatic rings. The van der Waals surface area contributed by atoms with Gasteiger partial charge in [-0.05, 0) is 37.1 Å². The quantitative estimate of drug-likeness (QED) is 0.247. The minimum absolute atomic E-state index is 0.00961. The van der Waals surface area contributed by atoms with Crippen molar-refractivity contribution in [1.29, 1.82) is 0 Å². The summed E-state index contributed by atoms with van der Waals surface area (Å²) in [5, 5.41) is 12.2. The third-order valence-corrected chi connectivity index (χ3v) is 8.05. The highest BCUT2D eigenvalue weighted by Crippen LogP contribution is 2.26. The summed E-state index contributed by atoms with van der Waals surface area (Å²) in [7, 11) is -4.07. The zero-order valence-electron chi connectivity index (χ0n) is 22.1. The number of hydrogen-bond donors (Lipinski definition) is 3. The van der Waals surface area contributed by atoms with E-state index in [1.165, 1.54) is 19.1 Å². The molecule has 3 rings (SSSR count). The molecule has 0 aliphatic carbocycles. The third-order valence-electron chi connectivity index (χ3n) is 6.24. The Hall–Kier alpha value is -3.94. The molecule has 214 valence electrons. The molecule has 2 aromatic carbocycles. The number of ether oxygens (including phenoxy) is 1. The first-order valence-corrected chi connectivity index (χ1v) is 14.0. The van der Waals surface area contributed by atoms with Crippen molar-refractivity contribution < 1.29 is 37.4 Å². The second-order valence-corrected chi connectivity index (χ2v) is 11.3. The molecule has 0 aromatic heterocycles. The van der Waals surface area contributed by atoms with Gasteiger partial charge in [-0.3, -0.25) is 14.4 Å². The number of nitrogens with zero attached hydrogens (tertiary/aromatic N) is 2. The van der Waals surface area contributed by atoms with Gasteiger partial charge in [0.25, 0.3) is 0 Å². The molecule has 12 nitrogen and oxygen atoms in total. The van der Waals surface area contributed by atoms with Gasteiger partial charge >= 0.3 is 5.97 Å². The van der Waals surface area contributed by atoms with E-state index in [1.54, 1.807) is 49.4 Å². The van der Waals surface area contributed by atoms with Crippen LogP contribution in [0.2, 0.25) is 0 Å². The number of ketones is 1. The number of aliphatic imine (C=N–C) groups is 1. The van der Waals surface area contributed by atoms with Crippen LogP contribution in [0.1, 0.15) is 37.8 Å². The molecule has 0 saturated carbocycles. The molecular formula is C27H32N4O8S. The van der Waals surface area contributed by atoms with Crippen molar-refractivity contribution in [2.75, 3.05) is 6.73 Å². The van der Waals surface area contributed by atoms with Gasteiger partial charge in [-0.2, -0.15) is 4.31 Å². The lowest BCUT2D eigenvalue weighted by atomic mass is 10.0. The molecule has 1 unspecified atom stereocenters. The summed E-state index contributed by atoms with van der Waals surface area (Å²) in [6.45, 7) is 2.68. The topological polar surface area (TPSA) is 186 Å². The maximum Gasteiger partial charge on any atom is 0.326 e. The monoisotopic (exact) mass is 572 g/mol. The fraction of sp³-hybridized carbons (Fsp3) is 0.370. The van der Waals surface area contributed by atoms with Gasteiger partial charge in [-0.25, -0.2) is 18.2 Å². The van der Waals surface area contributed by atoms with Crippen LogP contribution in [-0.2, 0) is 46.8 Å². The molecule has 0 bridgehead atoms. The molecule has 3 atom stereocenters.